The molecular formula is C22H22ClNO4. The Morgan fingerprint density at radius 2 is 1.89 bits per heavy atom. The molecule has 4 atom stereocenters. The third-order valence-corrected chi connectivity index (χ3v) is 7.14. The number of rotatable bonds is 3. The lowest BCUT2D eigenvalue weighted by molar-refractivity contribution is -0.131. The predicted octanol–water partition coefficient (Wildman–Crippen LogP) is 4.35. The number of methoxy groups -OCH3 is 1. The van der Waals surface area contributed by atoms with Crippen molar-refractivity contribution >= 4 is 35.5 Å². The van der Waals surface area contributed by atoms with Crippen LogP contribution in [0.3, 0.4) is 0 Å². The summed E-state index contributed by atoms with van der Waals surface area (Å²) in [6.45, 7) is 0. The van der Waals surface area contributed by atoms with E-state index in [4.69, 9.17) is 21.1 Å². The van der Waals surface area contributed by atoms with Gasteiger partial charge in [-0.2, -0.15) is 0 Å². The number of ether oxygens (including phenoxy) is 2. The Labute approximate surface area is 168 Å². The summed E-state index contributed by atoms with van der Waals surface area (Å²) < 4.78 is 10.4. The largest absolute Gasteiger partial charge is 0.465 e. The van der Waals surface area contributed by atoms with Gasteiger partial charge in [0, 0.05) is 10.3 Å². The first-order valence-electron chi connectivity index (χ1n) is 9.78. The Balaban J connectivity index is 1.43. The van der Waals surface area contributed by atoms with E-state index >= 15 is 0 Å². The summed E-state index contributed by atoms with van der Waals surface area (Å²) in [4.78, 5) is 28.5. The molecule has 6 heteroatoms. The molecule has 0 spiro atoms. The molecule has 1 aromatic rings. The maximum absolute atomic E-state index is 12.5. The van der Waals surface area contributed by atoms with Crippen LogP contribution in [0.15, 0.2) is 35.0 Å². The van der Waals surface area contributed by atoms with Crippen molar-refractivity contribution in [2.45, 2.75) is 43.4 Å². The van der Waals surface area contributed by atoms with E-state index in [1.54, 1.807) is 30.3 Å². The number of carbonyl (C=O) groups is 2. The van der Waals surface area contributed by atoms with Gasteiger partial charge in [0.05, 0.1) is 12.7 Å². The van der Waals surface area contributed by atoms with Crippen LogP contribution in [0.4, 0.5) is 0 Å². The SMILES string of the molecule is COC(=O)c1ccc(/C=C2\N=C(C34C[C@@H]5C[C@@H](CC(Cl)(C5)C3)C4)OC2=O)cc1. The van der Waals surface area contributed by atoms with Crippen LogP contribution in [0, 0.1) is 17.3 Å². The minimum absolute atomic E-state index is 0.158. The van der Waals surface area contributed by atoms with Gasteiger partial charge in [0.15, 0.2) is 5.70 Å². The fourth-order valence-corrected chi connectivity index (χ4v) is 6.72. The molecule has 1 aliphatic heterocycles. The molecule has 28 heavy (non-hydrogen) atoms. The molecule has 0 amide bonds. The van der Waals surface area contributed by atoms with E-state index in [2.05, 4.69) is 4.99 Å². The van der Waals surface area contributed by atoms with Gasteiger partial charge in [0.1, 0.15) is 0 Å². The summed E-state index contributed by atoms with van der Waals surface area (Å²) in [6, 6.07) is 6.86. The fourth-order valence-electron chi connectivity index (χ4n) is 6.03. The summed E-state index contributed by atoms with van der Waals surface area (Å²) in [5, 5.41) is 0. The average molecular weight is 400 g/mol. The van der Waals surface area contributed by atoms with E-state index in [0.29, 0.717) is 29.0 Å². The lowest BCUT2D eigenvalue weighted by Crippen LogP contribution is -2.56. The van der Waals surface area contributed by atoms with Crippen LogP contribution >= 0.6 is 11.6 Å². The maximum Gasteiger partial charge on any atom is 0.363 e. The van der Waals surface area contributed by atoms with E-state index in [-0.39, 0.29) is 10.3 Å². The van der Waals surface area contributed by atoms with Gasteiger partial charge in [-0.25, -0.2) is 14.6 Å². The lowest BCUT2D eigenvalue weighted by Gasteiger charge is -2.59. The zero-order valence-electron chi connectivity index (χ0n) is 15.7. The van der Waals surface area contributed by atoms with Crippen molar-refractivity contribution < 1.29 is 19.1 Å². The molecule has 1 aromatic carbocycles. The molecule has 4 aliphatic carbocycles. The molecule has 6 rings (SSSR count). The molecule has 4 bridgehead atoms. The highest BCUT2D eigenvalue weighted by Crippen LogP contribution is 2.64. The quantitative estimate of drug-likeness (QED) is 0.430. The highest BCUT2D eigenvalue weighted by Gasteiger charge is 2.60. The molecular weight excluding hydrogens is 378 g/mol. The number of nitrogens with zero attached hydrogens (tertiary/aromatic N) is 1. The Morgan fingerprint density at radius 3 is 2.50 bits per heavy atom. The smallest absolute Gasteiger partial charge is 0.363 e. The maximum atomic E-state index is 12.5. The van der Waals surface area contributed by atoms with Crippen LogP contribution in [0.2, 0.25) is 0 Å². The first-order chi connectivity index (χ1) is 13.4. The molecule has 5 aliphatic rings. The van der Waals surface area contributed by atoms with Crippen LogP contribution in [0.5, 0.6) is 0 Å². The summed E-state index contributed by atoms with van der Waals surface area (Å²) in [5.41, 5.74) is 1.36. The van der Waals surface area contributed by atoms with Gasteiger partial charge >= 0.3 is 11.9 Å². The lowest BCUT2D eigenvalue weighted by atomic mass is 9.49. The van der Waals surface area contributed by atoms with Crippen molar-refractivity contribution in [2.75, 3.05) is 7.11 Å². The minimum Gasteiger partial charge on any atom is -0.465 e. The number of hydrogen-bond acceptors (Lipinski definition) is 5. The highest BCUT2D eigenvalue weighted by molar-refractivity contribution is 6.24. The first kappa shape index (κ1) is 17.9. The number of halogens is 1. The molecule has 0 N–H and O–H groups in total. The Hall–Kier alpha value is -2.14. The predicted molar refractivity (Wildman–Crippen MR) is 105 cm³/mol. The van der Waals surface area contributed by atoms with Gasteiger partial charge in [0.25, 0.3) is 0 Å². The number of cyclic esters (lactones) is 1. The second-order valence-electron chi connectivity index (χ2n) is 8.84. The molecule has 2 unspecified atom stereocenters. The number of alkyl halides is 1. The Morgan fingerprint density at radius 1 is 1.21 bits per heavy atom. The second-order valence-corrected chi connectivity index (χ2v) is 9.64. The summed E-state index contributed by atoms with van der Waals surface area (Å²) in [7, 11) is 1.35. The third kappa shape index (κ3) is 2.87. The first-order valence-corrected chi connectivity index (χ1v) is 10.2. The molecule has 0 aromatic heterocycles. The molecule has 4 fully saturated rings. The van der Waals surface area contributed by atoms with Crippen molar-refractivity contribution in [3.63, 3.8) is 0 Å². The van der Waals surface area contributed by atoms with Crippen molar-refractivity contribution in [1.29, 1.82) is 0 Å². The summed E-state index contributed by atoms with van der Waals surface area (Å²) >= 11 is 6.91. The Bertz CT molecular complexity index is 903. The summed E-state index contributed by atoms with van der Waals surface area (Å²) in [6.07, 6.45) is 7.98. The molecule has 146 valence electrons. The number of hydrogen-bond donors (Lipinski definition) is 0. The topological polar surface area (TPSA) is 65.0 Å². The van der Waals surface area contributed by atoms with Crippen LogP contribution in [-0.2, 0) is 14.3 Å². The number of carbonyl (C=O) groups excluding carboxylic acids is 2. The summed E-state index contributed by atoms with van der Waals surface area (Å²) in [5.74, 6) is 0.982. The van der Waals surface area contributed by atoms with E-state index in [1.165, 1.54) is 13.5 Å². The van der Waals surface area contributed by atoms with Crippen LogP contribution in [-0.4, -0.2) is 29.8 Å². The highest BCUT2D eigenvalue weighted by atomic mass is 35.5. The minimum atomic E-state index is -0.411. The van der Waals surface area contributed by atoms with E-state index in [1.807, 2.05) is 0 Å². The standard InChI is InChI=1S/C22H22ClNO4/c1-27-18(25)16-4-2-13(3-5-16)7-17-19(26)28-20(24-17)21-8-14-6-15(9-21)11-22(23,10-14)12-21/h2-5,7,14-15H,6,8-12H2,1H3/b17-7-/t14-,15+,21?,22?. The number of esters is 2. The molecule has 1 heterocycles. The Kier molecular flexibility index (Phi) is 3.96. The van der Waals surface area contributed by atoms with E-state index in [0.717, 1.165) is 37.7 Å². The van der Waals surface area contributed by atoms with Crippen LogP contribution in [0.1, 0.15) is 54.4 Å². The van der Waals surface area contributed by atoms with Gasteiger partial charge < -0.3 is 9.47 Å². The van der Waals surface area contributed by atoms with Crippen molar-refractivity contribution in [3.8, 4) is 0 Å². The van der Waals surface area contributed by atoms with Gasteiger partial charge in [-0.3, -0.25) is 0 Å². The van der Waals surface area contributed by atoms with E-state index in [9.17, 15) is 9.59 Å². The van der Waals surface area contributed by atoms with Crippen molar-refractivity contribution in [3.05, 3.63) is 41.1 Å². The van der Waals surface area contributed by atoms with Crippen molar-refractivity contribution in [1.82, 2.24) is 0 Å². The second kappa shape index (κ2) is 6.18. The van der Waals surface area contributed by atoms with Crippen LogP contribution in [0.25, 0.3) is 6.08 Å². The molecule has 0 saturated heterocycles. The molecule has 0 radical (unpaired) electrons. The van der Waals surface area contributed by atoms with Crippen molar-refractivity contribution in [2.24, 2.45) is 22.2 Å². The third-order valence-electron chi connectivity index (χ3n) is 6.70. The van der Waals surface area contributed by atoms with Crippen LogP contribution < -0.4 is 0 Å². The number of aliphatic imine (C=N–C) groups is 1. The normalized spacial score (nSPS) is 37.1. The van der Waals surface area contributed by atoms with E-state index < -0.39 is 11.9 Å². The average Bonchev–Trinajstić information content (AvgIpc) is 3.01. The zero-order valence-corrected chi connectivity index (χ0v) is 16.5. The van der Waals surface area contributed by atoms with Gasteiger partial charge in [-0.15, -0.1) is 11.6 Å². The van der Waals surface area contributed by atoms with Gasteiger partial charge in [0.2, 0.25) is 5.90 Å². The monoisotopic (exact) mass is 399 g/mol. The zero-order chi connectivity index (χ0) is 19.5. The number of benzene rings is 1. The molecule has 5 nitrogen and oxygen atoms in total. The molecule has 4 saturated carbocycles. The van der Waals surface area contributed by atoms with Gasteiger partial charge in [-0.05, 0) is 74.1 Å². The van der Waals surface area contributed by atoms with Gasteiger partial charge in [-0.1, -0.05) is 12.1 Å². The fraction of sp³-hybridized carbons (Fsp3) is 0.500.